The summed E-state index contributed by atoms with van der Waals surface area (Å²) in [7, 11) is 0. The predicted octanol–water partition coefficient (Wildman–Crippen LogP) is 3.23. The number of urea groups is 1. The SMILES string of the molecule is O=C(NC1CCN(Cc2ccc(Cl)cc2)CC1)N1CCN(c2ccncc2)CC1. The number of carbonyl (C=O) groups is 1. The largest absolute Gasteiger partial charge is 0.368 e. The van der Waals surface area contributed by atoms with Gasteiger partial charge in [-0.25, -0.2) is 4.79 Å². The van der Waals surface area contributed by atoms with Gasteiger partial charge in [0.2, 0.25) is 0 Å². The van der Waals surface area contributed by atoms with E-state index in [0.717, 1.165) is 63.7 Å². The zero-order valence-electron chi connectivity index (χ0n) is 16.6. The summed E-state index contributed by atoms with van der Waals surface area (Å²) in [4.78, 5) is 23.4. The number of likely N-dealkylation sites (tertiary alicyclic amines) is 1. The van der Waals surface area contributed by atoms with E-state index in [1.165, 1.54) is 11.3 Å². The molecular weight excluding hydrogens is 386 g/mol. The van der Waals surface area contributed by atoms with E-state index in [9.17, 15) is 4.79 Å². The molecule has 29 heavy (non-hydrogen) atoms. The molecule has 1 aromatic heterocycles. The van der Waals surface area contributed by atoms with Crippen LogP contribution in [0.1, 0.15) is 18.4 Å². The molecule has 0 saturated carbocycles. The third kappa shape index (κ3) is 5.40. The molecule has 0 atom stereocenters. The van der Waals surface area contributed by atoms with Gasteiger partial charge in [0.1, 0.15) is 0 Å². The van der Waals surface area contributed by atoms with Gasteiger partial charge in [-0.05, 0) is 42.7 Å². The molecule has 0 unspecified atom stereocenters. The first-order chi connectivity index (χ1) is 14.2. The van der Waals surface area contributed by atoms with Gasteiger partial charge in [-0.3, -0.25) is 9.88 Å². The fourth-order valence-electron chi connectivity index (χ4n) is 4.07. The van der Waals surface area contributed by atoms with Crippen LogP contribution in [0.15, 0.2) is 48.8 Å². The highest BCUT2D eigenvalue weighted by molar-refractivity contribution is 6.30. The van der Waals surface area contributed by atoms with E-state index in [1.54, 1.807) is 0 Å². The molecule has 3 heterocycles. The van der Waals surface area contributed by atoms with Gasteiger partial charge in [-0.2, -0.15) is 0 Å². The lowest BCUT2D eigenvalue weighted by atomic mass is 10.0. The summed E-state index contributed by atoms with van der Waals surface area (Å²) >= 11 is 5.96. The van der Waals surface area contributed by atoms with Crippen molar-refractivity contribution in [3.63, 3.8) is 0 Å². The summed E-state index contributed by atoms with van der Waals surface area (Å²) in [5.74, 6) is 0. The van der Waals surface area contributed by atoms with E-state index in [4.69, 9.17) is 11.6 Å². The van der Waals surface area contributed by atoms with Crippen molar-refractivity contribution in [3.05, 3.63) is 59.4 Å². The minimum absolute atomic E-state index is 0.0792. The van der Waals surface area contributed by atoms with Crippen LogP contribution in [-0.4, -0.2) is 66.1 Å². The molecule has 0 aliphatic carbocycles. The Balaban J connectivity index is 1.19. The summed E-state index contributed by atoms with van der Waals surface area (Å²) in [6.07, 6.45) is 5.62. The Morgan fingerprint density at radius 2 is 1.62 bits per heavy atom. The quantitative estimate of drug-likeness (QED) is 0.836. The van der Waals surface area contributed by atoms with E-state index >= 15 is 0 Å². The Kier molecular flexibility index (Phi) is 6.52. The second-order valence-corrected chi connectivity index (χ2v) is 8.24. The zero-order valence-corrected chi connectivity index (χ0v) is 17.4. The van der Waals surface area contributed by atoms with Gasteiger partial charge in [-0.15, -0.1) is 0 Å². The molecule has 0 radical (unpaired) electrons. The molecule has 2 aliphatic heterocycles. The number of amides is 2. The lowest BCUT2D eigenvalue weighted by Crippen LogP contribution is -2.54. The molecule has 2 aromatic rings. The lowest BCUT2D eigenvalue weighted by molar-refractivity contribution is 0.167. The topological polar surface area (TPSA) is 51.7 Å². The fourth-order valence-corrected chi connectivity index (χ4v) is 4.20. The molecule has 1 N–H and O–H groups in total. The normalized spacial score (nSPS) is 18.7. The zero-order chi connectivity index (χ0) is 20.1. The molecular formula is C22H28ClN5O. The van der Waals surface area contributed by atoms with Crippen LogP contribution in [-0.2, 0) is 6.54 Å². The van der Waals surface area contributed by atoms with E-state index in [2.05, 4.69) is 32.2 Å². The van der Waals surface area contributed by atoms with Gasteiger partial charge in [0.05, 0.1) is 0 Å². The molecule has 1 aromatic carbocycles. The number of aromatic nitrogens is 1. The second-order valence-electron chi connectivity index (χ2n) is 7.81. The maximum Gasteiger partial charge on any atom is 0.317 e. The van der Waals surface area contributed by atoms with Crippen molar-refractivity contribution < 1.29 is 4.79 Å². The number of nitrogens with one attached hydrogen (secondary N) is 1. The van der Waals surface area contributed by atoms with Crippen LogP contribution >= 0.6 is 11.6 Å². The average molecular weight is 414 g/mol. The lowest BCUT2D eigenvalue weighted by Gasteiger charge is -2.38. The van der Waals surface area contributed by atoms with Crippen LogP contribution < -0.4 is 10.2 Å². The molecule has 0 spiro atoms. The highest BCUT2D eigenvalue weighted by atomic mass is 35.5. The monoisotopic (exact) mass is 413 g/mol. The molecule has 0 bridgehead atoms. The van der Waals surface area contributed by atoms with Crippen molar-refractivity contribution in [2.45, 2.75) is 25.4 Å². The Labute approximate surface area is 177 Å². The van der Waals surface area contributed by atoms with Crippen molar-refractivity contribution in [2.75, 3.05) is 44.2 Å². The van der Waals surface area contributed by atoms with Crippen LogP contribution in [0.3, 0.4) is 0 Å². The maximum atomic E-state index is 12.7. The number of rotatable bonds is 4. The highest BCUT2D eigenvalue weighted by Gasteiger charge is 2.25. The molecule has 7 heteroatoms. The van der Waals surface area contributed by atoms with Gasteiger partial charge < -0.3 is 15.1 Å². The number of halogens is 1. The number of benzene rings is 1. The van der Waals surface area contributed by atoms with Gasteiger partial charge in [0.15, 0.2) is 0 Å². The standard InChI is InChI=1S/C22H28ClN5O/c23-19-3-1-18(2-4-19)17-26-11-7-20(8-12-26)25-22(29)28-15-13-27(14-16-28)21-5-9-24-10-6-21/h1-6,9-10,20H,7-8,11-17H2,(H,25,29). The minimum Gasteiger partial charge on any atom is -0.368 e. The summed E-state index contributed by atoms with van der Waals surface area (Å²) in [5.41, 5.74) is 2.46. The smallest absolute Gasteiger partial charge is 0.317 e. The number of nitrogens with zero attached hydrogens (tertiary/aromatic N) is 4. The average Bonchev–Trinajstić information content (AvgIpc) is 2.77. The molecule has 2 fully saturated rings. The fraction of sp³-hybridized carbons (Fsp3) is 0.455. The predicted molar refractivity (Wildman–Crippen MR) is 116 cm³/mol. The first-order valence-corrected chi connectivity index (χ1v) is 10.7. The maximum absolute atomic E-state index is 12.7. The first-order valence-electron chi connectivity index (χ1n) is 10.3. The van der Waals surface area contributed by atoms with Gasteiger partial charge >= 0.3 is 6.03 Å². The molecule has 4 rings (SSSR count). The van der Waals surface area contributed by atoms with Crippen molar-refractivity contribution in [3.8, 4) is 0 Å². The van der Waals surface area contributed by atoms with E-state index < -0.39 is 0 Å². The van der Waals surface area contributed by atoms with E-state index in [-0.39, 0.29) is 12.1 Å². The Hall–Kier alpha value is -2.31. The summed E-state index contributed by atoms with van der Waals surface area (Å²) in [5, 5.41) is 4.02. The Bertz CT molecular complexity index is 785. The number of hydrogen-bond donors (Lipinski definition) is 1. The second kappa shape index (κ2) is 9.46. The van der Waals surface area contributed by atoms with Crippen molar-refractivity contribution in [1.29, 1.82) is 0 Å². The Morgan fingerprint density at radius 3 is 2.28 bits per heavy atom. The van der Waals surface area contributed by atoms with Crippen molar-refractivity contribution in [2.24, 2.45) is 0 Å². The number of carbonyl (C=O) groups excluding carboxylic acids is 1. The van der Waals surface area contributed by atoms with Crippen LogP contribution in [0.4, 0.5) is 10.5 Å². The Morgan fingerprint density at radius 1 is 0.966 bits per heavy atom. The van der Waals surface area contributed by atoms with Gasteiger partial charge in [0, 0.05) is 75.0 Å². The van der Waals surface area contributed by atoms with Gasteiger partial charge in [-0.1, -0.05) is 23.7 Å². The van der Waals surface area contributed by atoms with E-state index in [1.807, 2.05) is 41.6 Å². The number of piperidine rings is 1. The van der Waals surface area contributed by atoms with Crippen LogP contribution in [0, 0.1) is 0 Å². The molecule has 2 aliphatic rings. The van der Waals surface area contributed by atoms with Crippen molar-refractivity contribution in [1.82, 2.24) is 20.1 Å². The summed E-state index contributed by atoms with van der Waals surface area (Å²) in [6, 6.07) is 12.4. The van der Waals surface area contributed by atoms with Crippen LogP contribution in [0.5, 0.6) is 0 Å². The highest BCUT2D eigenvalue weighted by Crippen LogP contribution is 2.17. The minimum atomic E-state index is 0.0792. The first kappa shape index (κ1) is 20.0. The van der Waals surface area contributed by atoms with Crippen LogP contribution in [0.2, 0.25) is 5.02 Å². The molecule has 154 valence electrons. The van der Waals surface area contributed by atoms with Gasteiger partial charge in [0.25, 0.3) is 0 Å². The van der Waals surface area contributed by atoms with E-state index in [0.29, 0.717) is 0 Å². The van der Waals surface area contributed by atoms with Crippen molar-refractivity contribution >= 4 is 23.3 Å². The number of hydrogen-bond acceptors (Lipinski definition) is 4. The summed E-state index contributed by atoms with van der Waals surface area (Å²) < 4.78 is 0. The number of anilines is 1. The third-order valence-corrected chi connectivity index (χ3v) is 6.08. The third-order valence-electron chi connectivity index (χ3n) is 5.83. The molecule has 2 amide bonds. The molecule has 6 nitrogen and oxygen atoms in total. The summed E-state index contributed by atoms with van der Waals surface area (Å²) in [6.45, 7) is 6.17. The number of piperazine rings is 1. The van der Waals surface area contributed by atoms with Crippen LogP contribution in [0.25, 0.3) is 0 Å². The number of pyridine rings is 1. The molecule has 2 saturated heterocycles.